The fourth-order valence-electron chi connectivity index (χ4n) is 2.47. The molecule has 0 aliphatic carbocycles. The van der Waals surface area contributed by atoms with Crippen molar-refractivity contribution in [1.82, 2.24) is 4.90 Å². The molecule has 1 saturated heterocycles. The standard InChI is InChI=1S/C20H18N2O3S/c1-12-4-5-13(2)16(10-12)21-20-22(3)18(23)17(26-20)11-14-6-8-15(9-7-14)19(24)25/h4-11H,1-3H3,(H,24,25)/b17-11+,21-20?. The summed E-state index contributed by atoms with van der Waals surface area (Å²) in [6, 6.07) is 12.4. The Morgan fingerprint density at radius 1 is 1.15 bits per heavy atom. The van der Waals surface area contributed by atoms with Gasteiger partial charge in [-0.2, -0.15) is 0 Å². The van der Waals surface area contributed by atoms with Crippen LogP contribution in [0.3, 0.4) is 0 Å². The van der Waals surface area contributed by atoms with Gasteiger partial charge >= 0.3 is 5.97 Å². The molecule has 0 atom stereocenters. The first-order valence-corrected chi connectivity index (χ1v) is 8.83. The topological polar surface area (TPSA) is 70.0 Å². The Morgan fingerprint density at radius 3 is 2.50 bits per heavy atom. The van der Waals surface area contributed by atoms with E-state index in [2.05, 4.69) is 4.99 Å². The van der Waals surface area contributed by atoms with Crippen molar-refractivity contribution in [2.45, 2.75) is 13.8 Å². The number of amidine groups is 1. The largest absolute Gasteiger partial charge is 0.478 e. The predicted molar refractivity (Wildman–Crippen MR) is 105 cm³/mol. The summed E-state index contributed by atoms with van der Waals surface area (Å²) >= 11 is 1.31. The molecule has 1 amide bonds. The van der Waals surface area contributed by atoms with Gasteiger partial charge in [-0.05, 0) is 66.6 Å². The summed E-state index contributed by atoms with van der Waals surface area (Å²) in [5.41, 5.74) is 3.99. The van der Waals surface area contributed by atoms with Gasteiger partial charge in [0.2, 0.25) is 0 Å². The Bertz CT molecular complexity index is 946. The lowest BCUT2D eigenvalue weighted by molar-refractivity contribution is -0.121. The average molecular weight is 366 g/mol. The molecule has 0 saturated carbocycles. The summed E-state index contributed by atoms with van der Waals surface area (Å²) in [5, 5.41) is 9.58. The van der Waals surface area contributed by atoms with Crippen LogP contribution >= 0.6 is 11.8 Å². The molecule has 1 heterocycles. The minimum atomic E-state index is -0.974. The first-order chi connectivity index (χ1) is 12.3. The van der Waals surface area contributed by atoms with Crippen molar-refractivity contribution in [2.24, 2.45) is 4.99 Å². The van der Waals surface area contributed by atoms with E-state index in [9.17, 15) is 9.59 Å². The third kappa shape index (κ3) is 3.70. The van der Waals surface area contributed by atoms with E-state index in [1.165, 1.54) is 28.8 Å². The zero-order valence-corrected chi connectivity index (χ0v) is 15.5. The van der Waals surface area contributed by atoms with Gasteiger partial charge in [0.1, 0.15) is 0 Å². The minimum Gasteiger partial charge on any atom is -0.478 e. The van der Waals surface area contributed by atoms with Crippen LogP contribution in [0, 0.1) is 13.8 Å². The van der Waals surface area contributed by atoms with Gasteiger partial charge in [-0.25, -0.2) is 9.79 Å². The molecule has 1 fully saturated rings. The van der Waals surface area contributed by atoms with Gasteiger partial charge in [0.05, 0.1) is 16.2 Å². The van der Waals surface area contributed by atoms with Crippen LogP contribution in [0.1, 0.15) is 27.0 Å². The summed E-state index contributed by atoms with van der Waals surface area (Å²) in [6.07, 6.45) is 1.75. The highest BCUT2D eigenvalue weighted by Gasteiger charge is 2.30. The number of rotatable bonds is 3. The number of aliphatic imine (C=N–C) groups is 1. The number of benzene rings is 2. The second-order valence-electron chi connectivity index (χ2n) is 6.09. The number of nitrogens with zero attached hydrogens (tertiary/aromatic N) is 2. The van der Waals surface area contributed by atoms with Gasteiger partial charge in [0, 0.05) is 7.05 Å². The average Bonchev–Trinajstić information content (AvgIpc) is 2.86. The smallest absolute Gasteiger partial charge is 0.335 e. The number of hydrogen-bond acceptors (Lipinski definition) is 4. The summed E-state index contributed by atoms with van der Waals surface area (Å²) < 4.78 is 0. The van der Waals surface area contributed by atoms with E-state index in [-0.39, 0.29) is 11.5 Å². The second kappa shape index (κ2) is 7.17. The second-order valence-corrected chi connectivity index (χ2v) is 7.10. The van der Waals surface area contributed by atoms with Gasteiger partial charge in [0.15, 0.2) is 5.17 Å². The predicted octanol–water partition coefficient (Wildman–Crippen LogP) is 4.24. The number of carboxylic acid groups (broad SMARTS) is 1. The Kier molecular flexibility index (Phi) is 4.95. The zero-order chi connectivity index (χ0) is 18.8. The van der Waals surface area contributed by atoms with E-state index in [4.69, 9.17) is 5.11 Å². The molecule has 0 unspecified atom stereocenters. The number of carboxylic acids is 1. The van der Waals surface area contributed by atoms with Crippen molar-refractivity contribution in [3.05, 3.63) is 69.6 Å². The molecule has 26 heavy (non-hydrogen) atoms. The quantitative estimate of drug-likeness (QED) is 0.825. The highest BCUT2D eigenvalue weighted by Crippen LogP contribution is 2.34. The van der Waals surface area contributed by atoms with Crippen LogP contribution in [0.2, 0.25) is 0 Å². The van der Waals surface area contributed by atoms with Crippen LogP contribution in [0.15, 0.2) is 52.4 Å². The Labute approximate surface area is 156 Å². The third-order valence-electron chi connectivity index (χ3n) is 4.04. The molecule has 2 aromatic rings. The normalized spacial score (nSPS) is 17.3. The fraction of sp³-hybridized carbons (Fsp3) is 0.150. The van der Waals surface area contributed by atoms with E-state index in [0.717, 1.165) is 22.4 Å². The van der Waals surface area contributed by atoms with E-state index < -0.39 is 5.97 Å². The molecular weight excluding hydrogens is 348 g/mol. The van der Waals surface area contributed by atoms with Gasteiger partial charge < -0.3 is 5.11 Å². The third-order valence-corrected chi connectivity index (χ3v) is 5.10. The number of aryl methyl sites for hydroxylation is 2. The molecule has 2 aromatic carbocycles. The summed E-state index contributed by atoms with van der Waals surface area (Å²) in [6.45, 7) is 3.99. The molecule has 1 aliphatic rings. The molecule has 6 heteroatoms. The Morgan fingerprint density at radius 2 is 1.85 bits per heavy atom. The number of carbonyl (C=O) groups is 2. The van der Waals surface area contributed by atoms with Crippen LogP contribution < -0.4 is 0 Å². The molecule has 0 aromatic heterocycles. The molecule has 3 rings (SSSR count). The summed E-state index contributed by atoms with van der Waals surface area (Å²) in [7, 11) is 1.70. The van der Waals surface area contributed by atoms with E-state index in [1.807, 2.05) is 32.0 Å². The minimum absolute atomic E-state index is 0.124. The van der Waals surface area contributed by atoms with E-state index in [1.54, 1.807) is 25.3 Å². The number of carbonyl (C=O) groups excluding carboxylic acids is 1. The number of amides is 1. The monoisotopic (exact) mass is 366 g/mol. The van der Waals surface area contributed by atoms with Crippen LogP contribution in [-0.4, -0.2) is 34.1 Å². The van der Waals surface area contributed by atoms with Crippen molar-refractivity contribution in [2.75, 3.05) is 7.05 Å². The van der Waals surface area contributed by atoms with Crippen LogP contribution in [0.4, 0.5) is 5.69 Å². The highest BCUT2D eigenvalue weighted by atomic mass is 32.2. The maximum atomic E-state index is 12.5. The highest BCUT2D eigenvalue weighted by molar-refractivity contribution is 8.18. The molecule has 0 bridgehead atoms. The van der Waals surface area contributed by atoms with Gasteiger partial charge in [-0.3, -0.25) is 9.69 Å². The van der Waals surface area contributed by atoms with Crippen molar-refractivity contribution in [3.63, 3.8) is 0 Å². The molecule has 0 radical (unpaired) electrons. The number of thioether (sulfide) groups is 1. The Hall–Kier alpha value is -2.86. The van der Waals surface area contributed by atoms with Crippen molar-refractivity contribution in [1.29, 1.82) is 0 Å². The van der Waals surface area contributed by atoms with Gasteiger partial charge in [0.25, 0.3) is 5.91 Å². The first-order valence-electron chi connectivity index (χ1n) is 8.02. The lowest BCUT2D eigenvalue weighted by atomic mass is 10.1. The first kappa shape index (κ1) is 17.9. The molecule has 1 N–H and O–H groups in total. The lowest BCUT2D eigenvalue weighted by Gasteiger charge is -2.08. The van der Waals surface area contributed by atoms with Crippen LogP contribution in [0.5, 0.6) is 0 Å². The zero-order valence-electron chi connectivity index (χ0n) is 14.7. The van der Waals surface area contributed by atoms with Crippen LogP contribution in [-0.2, 0) is 4.79 Å². The number of aromatic carboxylic acids is 1. The number of hydrogen-bond donors (Lipinski definition) is 1. The van der Waals surface area contributed by atoms with Crippen molar-refractivity contribution >= 4 is 40.6 Å². The van der Waals surface area contributed by atoms with Crippen LogP contribution in [0.25, 0.3) is 6.08 Å². The summed E-state index contributed by atoms with van der Waals surface area (Å²) in [5.74, 6) is -1.10. The molecule has 132 valence electrons. The summed E-state index contributed by atoms with van der Waals surface area (Å²) in [4.78, 5) is 30.2. The van der Waals surface area contributed by atoms with Crippen molar-refractivity contribution in [3.8, 4) is 0 Å². The molecule has 0 spiro atoms. The maximum absolute atomic E-state index is 12.5. The van der Waals surface area contributed by atoms with E-state index in [0.29, 0.717) is 10.1 Å². The van der Waals surface area contributed by atoms with E-state index >= 15 is 0 Å². The van der Waals surface area contributed by atoms with Gasteiger partial charge in [-0.1, -0.05) is 24.3 Å². The van der Waals surface area contributed by atoms with Crippen molar-refractivity contribution < 1.29 is 14.7 Å². The Balaban J connectivity index is 1.89. The molecule has 5 nitrogen and oxygen atoms in total. The lowest BCUT2D eigenvalue weighted by Crippen LogP contribution is -2.23. The fourth-order valence-corrected chi connectivity index (χ4v) is 3.45. The number of likely N-dealkylation sites (N-methyl/N-ethyl adjacent to an activating group) is 1. The maximum Gasteiger partial charge on any atom is 0.335 e. The molecule has 1 aliphatic heterocycles. The molecular formula is C20H18N2O3S. The van der Waals surface area contributed by atoms with Gasteiger partial charge in [-0.15, -0.1) is 0 Å². The SMILES string of the molecule is Cc1ccc(C)c(N=C2S/C(=C/c3ccc(C(=O)O)cc3)C(=O)N2C)c1.